The first kappa shape index (κ1) is 19.8. The van der Waals surface area contributed by atoms with Gasteiger partial charge in [-0.3, -0.25) is 4.79 Å². The van der Waals surface area contributed by atoms with Crippen LogP contribution in [0.15, 0.2) is 0 Å². The molecule has 7 heteroatoms. The Kier molecular flexibility index (Phi) is 9.16. The van der Waals surface area contributed by atoms with E-state index in [1.807, 2.05) is 0 Å². The molecule has 0 aliphatic carbocycles. The maximum Gasteiger partial charge on any atom is 0.337 e. The van der Waals surface area contributed by atoms with Crippen LogP contribution in [-0.4, -0.2) is 47.9 Å². The Hall–Kier alpha value is -1.18. The van der Waals surface area contributed by atoms with Gasteiger partial charge in [0.05, 0.1) is 18.6 Å². The molecule has 0 amide bonds. The molecular weight excluding hydrogens is 280 g/mol. The molecule has 21 heavy (non-hydrogen) atoms. The number of rotatable bonds is 9. The van der Waals surface area contributed by atoms with Crippen molar-refractivity contribution in [3.05, 3.63) is 0 Å². The molecule has 0 rings (SSSR count). The lowest BCUT2D eigenvalue weighted by Gasteiger charge is -2.19. The van der Waals surface area contributed by atoms with Crippen molar-refractivity contribution in [3.63, 3.8) is 0 Å². The predicted octanol–water partition coefficient (Wildman–Crippen LogP) is 1.37. The van der Waals surface area contributed by atoms with Gasteiger partial charge in [0, 0.05) is 0 Å². The van der Waals surface area contributed by atoms with Crippen molar-refractivity contribution in [2.75, 3.05) is 0 Å². The van der Waals surface area contributed by atoms with Crippen LogP contribution in [0.3, 0.4) is 0 Å². The number of hydrogen-bond donors (Lipinski definition) is 1. The van der Waals surface area contributed by atoms with Gasteiger partial charge in [0.2, 0.25) is 0 Å². The molecule has 3 atom stereocenters. The first-order valence-corrected chi connectivity index (χ1v) is 7.00. The highest BCUT2D eigenvalue weighted by molar-refractivity contribution is 5.81. The SMILES string of the molecule is CC(C)OC(C)OC(=O)CC(O)C(=O)OC(C)OC(C)C. The fourth-order valence-electron chi connectivity index (χ4n) is 1.54. The second-order valence-corrected chi connectivity index (χ2v) is 5.15. The fourth-order valence-corrected chi connectivity index (χ4v) is 1.54. The summed E-state index contributed by atoms with van der Waals surface area (Å²) in [6.45, 7) is 10.3. The number of ether oxygens (including phenoxy) is 4. The average Bonchev–Trinajstić information content (AvgIpc) is 2.25. The van der Waals surface area contributed by atoms with Crippen molar-refractivity contribution in [1.82, 2.24) is 0 Å². The van der Waals surface area contributed by atoms with Crippen LogP contribution in [0.25, 0.3) is 0 Å². The van der Waals surface area contributed by atoms with E-state index in [-0.39, 0.29) is 12.2 Å². The van der Waals surface area contributed by atoms with Crippen LogP contribution in [0, 0.1) is 0 Å². The summed E-state index contributed by atoms with van der Waals surface area (Å²) in [5.74, 6) is -1.68. The van der Waals surface area contributed by atoms with Gasteiger partial charge < -0.3 is 24.1 Å². The van der Waals surface area contributed by atoms with Crippen molar-refractivity contribution in [2.45, 2.75) is 78.9 Å². The van der Waals surface area contributed by atoms with Crippen LogP contribution < -0.4 is 0 Å². The van der Waals surface area contributed by atoms with Crippen molar-refractivity contribution in [2.24, 2.45) is 0 Å². The molecule has 0 aromatic carbocycles. The minimum atomic E-state index is -1.60. The molecule has 0 saturated heterocycles. The van der Waals surface area contributed by atoms with E-state index in [1.165, 1.54) is 6.92 Å². The molecular formula is C14H26O7. The summed E-state index contributed by atoms with van der Waals surface area (Å²) in [7, 11) is 0. The summed E-state index contributed by atoms with van der Waals surface area (Å²) < 4.78 is 20.1. The molecule has 0 radical (unpaired) electrons. The molecule has 0 aliphatic heterocycles. The fraction of sp³-hybridized carbons (Fsp3) is 0.857. The van der Waals surface area contributed by atoms with Crippen LogP contribution >= 0.6 is 0 Å². The summed E-state index contributed by atoms with van der Waals surface area (Å²) in [6.07, 6.45) is -3.86. The van der Waals surface area contributed by atoms with E-state index in [2.05, 4.69) is 0 Å². The second-order valence-electron chi connectivity index (χ2n) is 5.15. The van der Waals surface area contributed by atoms with Crippen LogP contribution in [0.1, 0.15) is 48.0 Å². The van der Waals surface area contributed by atoms with Gasteiger partial charge in [-0.05, 0) is 41.5 Å². The van der Waals surface area contributed by atoms with Crippen molar-refractivity contribution < 1.29 is 33.6 Å². The average molecular weight is 306 g/mol. The lowest BCUT2D eigenvalue weighted by atomic mass is 10.2. The zero-order valence-corrected chi connectivity index (χ0v) is 13.5. The summed E-state index contributed by atoms with van der Waals surface area (Å²) in [6, 6.07) is 0. The molecule has 0 heterocycles. The predicted molar refractivity (Wildman–Crippen MR) is 74.2 cm³/mol. The Morgan fingerprint density at radius 2 is 1.29 bits per heavy atom. The van der Waals surface area contributed by atoms with Crippen LogP contribution in [0.4, 0.5) is 0 Å². The standard InChI is InChI=1S/C14H26O7/c1-8(2)18-10(5)20-13(16)7-12(15)14(17)21-11(6)19-9(3)4/h8-12,15H,7H2,1-6H3. The first-order chi connectivity index (χ1) is 9.61. The molecule has 1 N–H and O–H groups in total. The number of esters is 2. The van der Waals surface area contributed by atoms with Crippen molar-refractivity contribution in [3.8, 4) is 0 Å². The lowest BCUT2D eigenvalue weighted by Crippen LogP contribution is -2.32. The highest BCUT2D eigenvalue weighted by atomic mass is 16.7. The van der Waals surface area contributed by atoms with Gasteiger partial charge in [-0.25, -0.2) is 4.79 Å². The summed E-state index contributed by atoms with van der Waals surface area (Å²) in [5.41, 5.74) is 0. The molecule has 3 unspecified atom stereocenters. The lowest BCUT2D eigenvalue weighted by molar-refractivity contribution is -0.196. The van der Waals surface area contributed by atoms with E-state index in [0.717, 1.165) is 0 Å². The first-order valence-electron chi connectivity index (χ1n) is 7.00. The largest absolute Gasteiger partial charge is 0.436 e. The Balaban J connectivity index is 4.13. The van der Waals surface area contributed by atoms with E-state index in [9.17, 15) is 14.7 Å². The molecule has 0 bridgehead atoms. The molecule has 0 spiro atoms. The second kappa shape index (κ2) is 9.70. The molecule has 7 nitrogen and oxygen atoms in total. The van der Waals surface area contributed by atoms with E-state index in [0.29, 0.717) is 0 Å². The van der Waals surface area contributed by atoms with E-state index in [1.54, 1.807) is 34.6 Å². The smallest absolute Gasteiger partial charge is 0.337 e. The minimum Gasteiger partial charge on any atom is -0.436 e. The molecule has 0 aromatic heterocycles. The van der Waals surface area contributed by atoms with Crippen molar-refractivity contribution in [1.29, 1.82) is 0 Å². The minimum absolute atomic E-state index is 0.100. The quantitative estimate of drug-likeness (QED) is 0.508. The highest BCUT2D eigenvalue weighted by Crippen LogP contribution is 2.06. The molecule has 124 valence electrons. The number of carbonyl (C=O) groups is 2. The van der Waals surface area contributed by atoms with Crippen LogP contribution in [0.5, 0.6) is 0 Å². The molecule has 0 aliphatic rings. The number of carbonyl (C=O) groups excluding carboxylic acids is 2. The number of hydrogen-bond acceptors (Lipinski definition) is 7. The van der Waals surface area contributed by atoms with Gasteiger partial charge in [0.1, 0.15) is 0 Å². The van der Waals surface area contributed by atoms with Gasteiger partial charge in [0.25, 0.3) is 0 Å². The van der Waals surface area contributed by atoms with E-state index < -0.39 is 37.0 Å². The Morgan fingerprint density at radius 1 is 0.857 bits per heavy atom. The maximum absolute atomic E-state index is 11.5. The molecule has 0 saturated carbocycles. The maximum atomic E-state index is 11.5. The molecule has 0 fully saturated rings. The summed E-state index contributed by atoms with van der Waals surface area (Å²) in [5, 5.41) is 9.59. The topological polar surface area (TPSA) is 91.3 Å². The third-order valence-corrected chi connectivity index (χ3v) is 2.14. The van der Waals surface area contributed by atoms with Gasteiger partial charge >= 0.3 is 11.9 Å². The Bertz CT molecular complexity index is 327. The van der Waals surface area contributed by atoms with Crippen molar-refractivity contribution >= 4 is 11.9 Å². The van der Waals surface area contributed by atoms with E-state index >= 15 is 0 Å². The van der Waals surface area contributed by atoms with Gasteiger partial charge in [-0.2, -0.15) is 0 Å². The third-order valence-electron chi connectivity index (χ3n) is 2.14. The van der Waals surface area contributed by atoms with Crippen LogP contribution in [0.2, 0.25) is 0 Å². The van der Waals surface area contributed by atoms with E-state index in [4.69, 9.17) is 18.9 Å². The molecule has 0 aromatic rings. The number of aliphatic hydroxyl groups is 1. The Labute approximate surface area is 125 Å². The van der Waals surface area contributed by atoms with Crippen LogP contribution in [-0.2, 0) is 28.5 Å². The highest BCUT2D eigenvalue weighted by Gasteiger charge is 2.24. The van der Waals surface area contributed by atoms with Gasteiger partial charge in [-0.1, -0.05) is 0 Å². The zero-order valence-electron chi connectivity index (χ0n) is 13.5. The van der Waals surface area contributed by atoms with Gasteiger partial charge in [-0.15, -0.1) is 0 Å². The third kappa shape index (κ3) is 10.2. The summed E-state index contributed by atoms with van der Waals surface area (Å²) >= 11 is 0. The summed E-state index contributed by atoms with van der Waals surface area (Å²) in [4.78, 5) is 23.1. The van der Waals surface area contributed by atoms with Gasteiger partial charge in [0.15, 0.2) is 18.7 Å². The number of aliphatic hydroxyl groups excluding tert-OH is 1. The Morgan fingerprint density at radius 3 is 1.71 bits per heavy atom. The zero-order chi connectivity index (χ0) is 16.6. The normalized spacial score (nSPS) is 15.7. The monoisotopic (exact) mass is 306 g/mol.